The number of rotatable bonds is 11. The maximum atomic E-state index is 11.9. The minimum atomic E-state index is -0.293. The summed E-state index contributed by atoms with van der Waals surface area (Å²) in [6.45, 7) is 3.97. The number of nitrogens with two attached hydrogens (primary N) is 1. The number of benzene rings is 2. The van der Waals surface area contributed by atoms with Crippen LogP contribution in [-0.4, -0.2) is 53.3 Å². The molecule has 0 atom stereocenters. The van der Waals surface area contributed by atoms with Crippen LogP contribution in [0.15, 0.2) is 60.9 Å². The molecule has 1 fully saturated rings. The van der Waals surface area contributed by atoms with Gasteiger partial charge in [0.25, 0.3) is 0 Å². The summed E-state index contributed by atoms with van der Waals surface area (Å²) < 4.78 is 5.06. The number of hydrogen-bond acceptors (Lipinski definition) is 8. The lowest BCUT2D eigenvalue weighted by Gasteiger charge is -2.34. The van der Waals surface area contributed by atoms with Crippen LogP contribution in [0.25, 0.3) is 11.1 Å². The van der Waals surface area contributed by atoms with E-state index in [0.29, 0.717) is 31.0 Å². The first-order valence-corrected chi connectivity index (χ1v) is 13.0. The van der Waals surface area contributed by atoms with Crippen molar-refractivity contribution in [2.24, 2.45) is 5.73 Å². The molecule has 4 N–H and O–H groups in total. The van der Waals surface area contributed by atoms with Crippen molar-refractivity contribution in [2.75, 3.05) is 29.9 Å². The lowest BCUT2D eigenvalue weighted by atomic mass is 10.0. The summed E-state index contributed by atoms with van der Waals surface area (Å²) >= 11 is 0. The predicted octanol–water partition coefficient (Wildman–Crippen LogP) is 4.23. The number of nitrogens with one attached hydrogen (secondary N) is 2. The SMILES string of the molecule is CCOC(=O)c1ccc(N2CCC(Nc3ncc(-c4cccc(CCC(=O)CC(=N)N)c4)cn3)CC2)cc1. The number of Topliss-reactive ketones (excluding diaryl/α,β-unsaturated/α-hetero) is 1. The van der Waals surface area contributed by atoms with Crippen LogP contribution >= 0.6 is 0 Å². The minimum absolute atomic E-state index is 0.00520. The summed E-state index contributed by atoms with van der Waals surface area (Å²) in [6.07, 6.45) is 6.51. The van der Waals surface area contributed by atoms with Crippen LogP contribution in [-0.2, 0) is 16.0 Å². The Labute approximate surface area is 222 Å². The molecule has 0 bridgehead atoms. The number of aromatic nitrogens is 2. The Morgan fingerprint density at radius 2 is 1.79 bits per heavy atom. The highest BCUT2D eigenvalue weighted by Crippen LogP contribution is 2.24. The monoisotopic (exact) mass is 514 g/mol. The first-order chi connectivity index (χ1) is 18.4. The van der Waals surface area contributed by atoms with Crippen molar-refractivity contribution in [1.82, 2.24) is 9.97 Å². The molecule has 198 valence electrons. The molecule has 1 aliphatic rings. The van der Waals surface area contributed by atoms with E-state index in [9.17, 15) is 9.59 Å². The first kappa shape index (κ1) is 26.8. The van der Waals surface area contributed by atoms with Gasteiger partial charge in [0.15, 0.2) is 0 Å². The van der Waals surface area contributed by atoms with Gasteiger partial charge in [-0.2, -0.15) is 0 Å². The predicted molar refractivity (Wildman–Crippen MR) is 149 cm³/mol. The number of nitrogens with zero attached hydrogens (tertiary/aromatic N) is 3. The van der Waals surface area contributed by atoms with E-state index in [2.05, 4.69) is 20.2 Å². The lowest BCUT2D eigenvalue weighted by Crippen LogP contribution is -2.39. The second kappa shape index (κ2) is 12.8. The number of anilines is 2. The van der Waals surface area contributed by atoms with Crippen molar-refractivity contribution >= 4 is 29.2 Å². The molecule has 3 aromatic rings. The van der Waals surface area contributed by atoms with Gasteiger partial charge in [0.2, 0.25) is 5.95 Å². The van der Waals surface area contributed by atoms with E-state index in [1.165, 1.54) is 0 Å². The summed E-state index contributed by atoms with van der Waals surface area (Å²) in [5.74, 6) is 0.192. The molecule has 0 unspecified atom stereocenters. The Bertz CT molecular complexity index is 1250. The minimum Gasteiger partial charge on any atom is -0.462 e. The highest BCUT2D eigenvalue weighted by molar-refractivity contribution is 5.98. The van der Waals surface area contributed by atoms with Crippen LogP contribution < -0.4 is 16.0 Å². The highest BCUT2D eigenvalue weighted by atomic mass is 16.5. The Morgan fingerprint density at radius 1 is 1.08 bits per heavy atom. The zero-order valence-corrected chi connectivity index (χ0v) is 21.7. The second-order valence-corrected chi connectivity index (χ2v) is 9.41. The summed E-state index contributed by atoms with van der Waals surface area (Å²) in [6, 6.07) is 15.9. The van der Waals surface area contributed by atoms with Crippen LogP contribution in [0.5, 0.6) is 0 Å². The van der Waals surface area contributed by atoms with E-state index in [-0.39, 0.29) is 30.1 Å². The number of piperidine rings is 1. The maximum Gasteiger partial charge on any atom is 0.338 e. The van der Waals surface area contributed by atoms with Crippen molar-refractivity contribution < 1.29 is 14.3 Å². The van der Waals surface area contributed by atoms with Gasteiger partial charge in [-0.25, -0.2) is 14.8 Å². The van der Waals surface area contributed by atoms with Crippen molar-refractivity contribution in [3.8, 4) is 11.1 Å². The standard InChI is InChI=1S/C29H34N6O3/c1-2-38-28(37)21-7-9-25(10-8-21)35-14-12-24(13-15-35)34-29-32-18-23(19-33-29)22-5-3-4-20(16-22)6-11-26(36)17-27(30)31/h3-5,7-10,16,18-19,24H,2,6,11-15,17H2,1H3,(H3,30,31)(H,32,33,34). The van der Waals surface area contributed by atoms with E-state index in [1.807, 2.05) is 60.9 Å². The fourth-order valence-electron chi connectivity index (χ4n) is 4.53. The third-order valence-corrected chi connectivity index (χ3v) is 6.56. The van der Waals surface area contributed by atoms with Crippen molar-refractivity contribution in [1.29, 1.82) is 5.41 Å². The molecule has 0 radical (unpaired) electrons. The molecular formula is C29H34N6O3. The average molecular weight is 515 g/mol. The third kappa shape index (κ3) is 7.38. The molecule has 0 saturated carbocycles. The number of amidine groups is 1. The fraction of sp³-hybridized carbons (Fsp3) is 0.345. The summed E-state index contributed by atoms with van der Waals surface area (Å²) in [5, 5.41) is 10.7. The fourth-order valence-corrected chi connectivity index (χ4v) is 4.53. The highest BCUT2D eigenvalue weighted by Gasteiger charge is 2.20. The molecule has 9 heteroatoms. The van der Waals surface area contributed by atoms with Crippen LogP contribution in [0.1, 0.15) is 48.5 Å². The number of carbonyl (C=O) groups is 2. The smallest absolute Gasteiger partial charge is 0.338 e. The largest absolute Gasteiger partial charge is 0.462 e. The zero-order valence-electron chi connectivity index (χ0n) is 21.7. The second-order valence-electron chi connectivity index (χ2n) is 9.41. The molecule has 1 aromatic heterocycles. The number of ether oxygens (including phenoxy) is 1. The van der Waals surface area contributed by atoms with Crippen molar-refractivity contribution in [3.05, 3.63) is 72.1 Å². The summed E-state index contributed by atoms with van der Waals surface area (Å²) in [5.41, 5.74) is 9.93. The van der Waals surface area contributed by atoms with E-state index < -0.39 is 0 Å². The van der Waals surface area contributed by atoms with Gasteiger partial charge in [0.1, 0.15) is 5.78 Å². The Balaban J connectivity index is 1.27. The molecule has 4 rings (SSSR count). The van der Waals surface area contributed by atoms with Gasteiger partial charge in [-0.05, 0) is 61.6 Å². The van der Waals surface area contributed by atoms with Gasteiger partial charge in [-0.3, -0.25) is 10.2 Å². The van der Waals surface area contributed by atoms with E-state index in [4.69, 9.17) is 15.9 Å². The van der Waals surface area contributed by atoms with Gasteiger partial charge in [0.05, 0.1) is 24.4 Å². The van der Waals surface area contributed by atoms with Gasteiger partial charge in [-0.1, -0.05) is 24.3 Å². The van der Waals surface area contributed by atoms with Gasteiger partial charge in [0, 0.05) is 49.2 Å². The van der Waals surface area contributed by atoms with Crippen LogP contribution in [0.3, 0.4) is 0 Å². The number of ketones is 1. The van der Waals surface area contributed by atoms with Gasteiger partial charge < -0.3 is 20.7 Å². The molecule has 1 aliphatic heterocycles. The Kier molecular flexibility index (Phi) is 9.02. The Morgan fingerprint density at radius 3 is 2.45 bits per heavy atom. The number of carbonyl (C=O) groups excluding carboxylic acids is 2. The average Bonchev–Trinajstić information content (AvgIpc) is 2.93. The topological polar surface area (TPSA) is 134 Å². The lowest BCUT2D eigenvalue weighted by molar-refractivity contribution is -0.117. The van der Waals surface area contributed by atoms with Gasteiger partial charge in [-0.15, -0.1) is 0 Å². The zero-order chi connectivity index (χ0) is 26.9. The van der Waals surface area contributed by atoms with E-state index in [0.717, 1.165) is 48.3 Å². The normalized spacial score (nSPS) is 13.7. The quantitative estimate of drug-likeness (QED) is 0.197. The maximum absolute atomic E-state index is 11.9. The summed E-state index contributed by atoms with van der Waals surface area (Å²) in [7, 11) is 0. The van der Waals surface area contributed by atoms with E-state index >= 15 is 0 Å². The van der Waals surface area contributed by atoms with Crippen molar-refractivity contribution in [3.63, 3.8) is 0 Å². The molecule has 0 spiro atoms. The third-order valence-electron chi connectivity index (χ3n) is 6.56. The van der Waals surface area contributed by atoms with Crippen LogP contribution in [0, 0.1) is 5.41 Å². The van der Waals surface area contributed by atoms with Crippen LogP contribution in [0.4, 0.5) is 11.6 Å². The molecule has 1 saturated heterocycles. The Hall–Kier alpha value is -4.27. The van der Waals surface area contributed by atoms with Crippen molar-refractivity contribution in [2.45, 2.75) is 45.1 Å². The molecule has 0 aliphatic carbocycles. The first-order valence-electron chi connectivity index (χ1n) is 13.0. The molecule has 9 nitrogen and oxygen atoms in total. The van der Waals surface area contributed by atoms with E-state index in [1.54, 1.807) is 6.92 Å². The number of esters is 1. The molecule has 2 aromatic carbocycles. The number of hydrogen-bond donors (Lipinski definition) is 3. The number of aryl methyl sites for hydroxylation is 1. The molecule has 38 heavy (non-hydrogen) atoms. The van der Waals surface area contributed by atoms with Gasteiger partial charge >= 0.3 is 5.97 Å². The van der Waals surface area contributed by atoms with Crippen LogP contribution in [0.2, 0.25) is 0 Å². The molecule has 2 heterocycles. The molecule has 0 amide bonds. The summed E-state index contributed by atoms with van der Waals surface area (Å²) in [4.78, 5) is 35.1. The molecular weight excluding hydrogens is 480 g/mol.